The molecule has 2 heterocycles. The fraction of sp³-hybridized carbons (Fsp3) is 0.385. The third kappa shape index (κ3) is 2.96. The first-order valence-electron chi connectivity index (χ1n) is 6.12. The summed E-state index contributed by atoms with van der Waals surface area (Å²) in [6.45, 7) is 4.02. The minimum Gasteiger partial charge on any atom is -0.462 e. The van der Waals surface area contributed by atoms with E-state index in [1.165, 1.54) is 11.3 Å². The number of carbonyl (C=O) groups is 2. The molecule has 1 aliphatic rings. The van der Waals surface area contributed by atoms with Crippen LogP contribution in [0.3, 0.4) is 0 Å². The van der Waals surface area contributed by atoms with Gasteiger partial charge in [-0.2, -0.15) is 0 Å². The minimum atomic E-state index is -0.432. The van der Waals surface area contributed by atoms with Crippen LogP contribution in [-0.4, -0.2) is 18.6 Å². The Balaban J connectivity index is 2.31. The molecule has 0 fully saturated rings. The van der Waals surface area contributed by atoms with Crippen molar-refractivity contribution in [2.24, 2.45) is 0 Å². The van der Waals surface area contributed by atoms with Crippen LogP contribution >= 0.6 is 11.3 Å². The van der Waals surface area contributed by atoms with E-state index in [-0.39, 0.29) is 12.0 Å². The van der Waals surface area contributed by atoms with Gasteiger partial charge >= 0.3 is 12.0 Å². The lowest BCUT2D eigenvalue weighted by atomic mass is 10.0. The molecule has 0 radical (unpaired) electrons. The molecule has 1 aromatic heterocycles. The zero-order valence-electron chi connectivity index (χ0n) is 10.9. The highest BCUT2D eigenvalue weighted by atomic mass is 32.1. The van der Waals surface area contributed by atoms with Crippen LogP contribution in [0.2, 0.25) is 0 Å². The highest BCUT2D eigenvalue weighted by Gasteiger charge is 2.32. The molecular weight excluding hydrogens is 264 g/mol. The van der Waals surface area contributed by atoms with Crippen LogP contribution in [-0.2, 0) is 9.53 Å². The van der Waals surface area contributed by atoms with Gasteiger partial charge in [0.05, 0.1) is 18.2 Å². The second-order valence-electron chi connectivity index (χ2n) is 4.22. The Hall–Kier alpha value is -1.82. The summed E-state index contributed by atoms with van der Waals surface area (Å²) in [5, 5.41) is 7.28. The first kappa shape index (κ1) is 13.6. The van der Waals surface area contributed by atoms with Gasteiger partial charge in [0, 0.05) is 10.6 Å². The largest absolute Gasteiger partial charge is 0.462 e. The van der Waals surface area contributed by atoms with Crippen molar-refractivity contribution in [2.45, 2.75) is 26.3 Å². The van der Waals surface area contributed by atoms with Gasteiger partial charge in [-0.05, 0) is 24.8 Å². The van der Waals surface area contributed by atoms with E-state index in [1.807, 2.05) is 24.4 Å². The summed E-state index contributed by atoms with van der Waals surface area (Å²) in [6.07, 6.45) is 0.765. The number of hydrogen-bond donors (Lipinski definition) is 2. The molecule has 5 nitrogen and oxygen atoms in total. The molecule has 19 heavy (non-hydrogen) atoms. The number of amides is 2. The zero-order valence-corrected chi connectivity index (χ0v) is 11.7. The number of ether oxygens (including phenoxy) is 1. The van der Waals surface area contributed by atoms with Crippen LogP contribution in [0.4, 0.5) is 4.79 Å². The smallest absolute Gasteiger partial charge is 0.338 e. The normalized spacial score (nSPS) is 18.8. The van der Waals surface area contributed by atoms with Crippen LogP contribution in [0.1, 0.15) is 31.2 Å². The Bertz CT molecular complexity index is 508. The van der Waals surface area contributed by atoms with E-state index in [2.05, 4.69) is 10.6 Å². The van der Waals surface area contributed by atoms with Gasteiger partial charge in [-0.25, -0.2) is 9.59 Å². The van der Waals surface area contributed by atoms with Crippen molar-refractivity contribution in [3.8, 4) is 0 Å². The maximum atomic E-state index is 12.1. The summed E-state index contributed by atoms with van der Waals surface area (Å²) in [5.74, 6) is -0.384. The summed E-state index contributed by atoms with van der Waals surface area (Å²) >= 11 is 1.49. The number of urea groups is 1. The Kier molecular flexibility index (Phi) is 4.21. The van der Waals surface area contributed by atoms with Gasteiger partial charge in [-0.1, -0.05) is 13.0 Å². The summed E-state index contributed by atoms with van der Waals surface area (Å²) < 4.78 is 5.18. The van der Waals surface area contributed by atoms with E-state index in [9.17, 15) is 9.59 Å². The van der Waals surface area contributed by atoms with Crippen LogP contribution in [0.25, 0.3) is 0 Å². The summed E-state index contributed by atoms with van der Waals surface area (Å²) in [6, 6.07) is 3.04. The number of rotatable bonds is 4. The molecule has 0 aromatic carbocycles. The third-order valence-electron chi connectivity index (χ3n) is 2.75. The van der Waals surface area contributed by atoms with E-state index < -0.39 is 6.04 Å². The second kappa shape index (κ2) is 5.88. The van der Waals surface area contributed by atoms with E-state index in [0.29, 0.717) is 17.9 Å². The molecule has 1 aromatic rings. The summed E-state index contributed by atoms with van der Waals surface area (Å²) in [4.78, 5) is 24.6. The van der Waals surface area contributed by atoms with E-state index in [0.717, 1.165) is 11.3 Å². The molecular formula is C13H16N2O3S. The lowest BCUT2D eigenvalue weighted by molar-refractivity contribution is -0.139. The van der Waals surface area contributed by atoms with Gasteiger partial charge in [-0.3, -0.25) is 0 Å². The van der Waals surface area contributed by atoms with Crippen molar-refractivity contribution in [2.75, 3.05) is 6.61 Å². The molecule has 2 amide bonds. The van der Waals surface area contributed by atoms with Gasteiger partial charge in [0.25, 0.3) is 0 Å². The molecule has 0 unspecified atom stereocenters. The maximum absolute atomic E-state index is 12.1. The van der Waals surface area contributed by atoms with E-state index >= 15 is 0 Å². The quantitative estimate of drug-likeness (QED) is 0.832. The first-order valence-corrected chi connectivity index (χ1v) is 7.00. The lowest BCUT2D eigenvalue weighted by Crippen LogP contribution is -2.45. The molecule has 0 saturated carbocycles. The fourth-order valence-corrected chi connectivity index (χ4v) is 2.69. The molecule has 0 aliphatic carbocycles. The topological polar surface area (TPSA) is 67.4 Å². The number of nitrogens with one attached hydrogen (secondary N) is 2. The van der Waals surface area contributed by atoms with Gasteiger partial charge < -0.3 is 15.4 Å². The molecule has 0 bridgehead atoms. The number of hydrogen-bond acceptors (Lipinski definition) is 4. The average Bonchev–Trinajstić information content (AvgIpc) is 2.88. The van der Waals surface area contributed by atoms with Gasteiger partial charge in [0.1, 0.15) is 0 Å². The molecule has 0 saturated heterocycles. The van der Waals surface area contributed by atoms with Crippen molar-refractivity contribution >= 4 is 23.3 Å². The Morgan fingerprint density at radius 3 is 2.95 bits per heavy atom. The minimum absolute atomic E-state index is 0.303. The van der Waals surface area contributed by atoms with Crippen LogP contribution < -0.4 is 10.6 Å². The monoisotopic (exact) mass is 280 g/mol. The van der Waals surface area contributed by atoms with Crippen LogP contribution in [0.15, 0.2) is 28.8 Å². The Morgan fingerprint density at radius 2 is 2.32 bits per heavy atom. The van der Waals surface area contributed by atoms with Crippen molar-refractivity contribution < 1.29 is 14.3 Å². The number of carbonyl (C=O) groups excluding carboxylic acids is 2. The third-order valence-corrected chi connectivity index (χ3v) is 3.69. The van der Waals surface area contributed by atoms with E-state index in [1.54, 1.807) is 6.92 Å². The van der Waals surface area contributed by atoms with Crippen molar-refractivity contribution in [1.29, 1.82) is 0 Å². The molecule has 0 spiro atoms. The zero-order chi connectivity index (χ0) is 13.8. The summed E-state index contributed by atoms with van der Waals surface area (Å²) in [5.41, 5.74) is 1.01. The molecule has 6 heteroatoms. The SMILES string of the molecule is CCCOC(=O)C1=C(C)NC(=O)N[C@@H]1c1cccs1. The highest BCUT2D eigenvalue weighted by molar-refractivity contribution is 7.10. The van der Waals surface area contributed by atoms with Crippen molar-refractivity contribution in [3.05, 3.63) is 33.7 Å². The number of allylic oxidation sites excluding steroid dienone is 1. The van der Waals surface area contributed by atoms with Gasteiger partial charge in [-0.15, -0.1) is 11.3 Å². The van der Waals surface area contributed by atoms with Gasteiger partial charge in [0.2, 0.25) is 0 Å². The van der Waals surface area contributed by atoms with Crippen LogP contribution in [0.5, 0.6) is 0 Å². The molecule has 102 valence electrons. The molecule has 2 N–H and O–H groups in total. The lowest BCUT2D eigenvalue weighted by Gasteiger charge is -2.27. The number of thiophene rings is 1. The standard InChI is InChI=1S/C13H16N2O3S/c1-3-6-18-12(16)10-8(2)14-13(17)15-11(10)9-5-4-7-19-9/h4-5,7,11H,3,6H2,1-2H3,(H2,14,15,17)/t11-/m1/s1. The molecule has 1 atom stereocenters. The van der Waals surface area contributed by atoms with Gasteiger partial charge in [0.15, 0.2) is 0 Å². The predicted molar refractivity (Wildman–Crippen MR) is 72.7 cm³/mol. The Labute approximate surface area is 115 Å². The van der Waals surface area contributed by atoms with Crippen molar-refractivity contribution in [3.63, 3.8) is 0 Å². The summed E-state index contributed by atoms with van der Waals surface area (Å²) in [7, 11) is 0. The van der Waals surface area contributed by atoms with E-state index in [4.69, 9.17) is 4.74 Å². The van der Waals surface area contributed by atoms with Crippen LogP contribution in [0, 0.1) is 0 Å². The molecule has 1 aliphatic heterocycles. The fourth-order valence-electron chi connectivity index (χ4n) is 1.91. The Morgan fingerprint density at radius 1 is 1.53 bits per heavy atom. The number of esters is 1. The molecule has 2 rings (SSSR count). The maximum Gasteiger partial charge on any atom is 0.338 e. The first-order chi connectivity index (χ1) is 9.13. The predicted octanol–water partition coefficient (Wildman–Crippen LogP) is 2.33. The average molecular weight is 280 g/mol. The second-order valence-corrected chi connectivity index (χ2v) is 5.20. The highest BCUT2D eigenvalue weighted by Crippen LogP contribution is 2.30. The van der Waals surface area contributed by atoms with Crippen molar-refractivity contribution in [1.82, 2.24) is 10.6 Å².